The molecule has 0 aromatic heterocycles. The lowest BCUT2D eigenvalue weighted by Crippen LogP contribution is -2.21. The van der Waals surface area contributed by atoms with Crippen LogP contribution in [0.1, 0.15) is 20.8 Å². The molecule has 2 nitrogen and oxygen atoms in total. The molecule has 0 heterocycles. The Morgan fingerprint density at radius 1 is 1.14 bits per heavy atom. The fourth-order valence-electron chi connectivity index (χ4n) is 0.750. The predicted molar refractivity (Wildman–Crippen MR) is 50.9 cm³/mol. The van der Waals surface area contributed by atoms with Gasteiger partial charge in [-0.2, -0.15) is 13.2 Å². The normalized spacial score (nSPS) is 10.8. The Bertz CT molecular complexity index is 150. The fourth-order valence-corrected chi connectivity index (χ4v) is 2.25. The van der Waals surface area contributed by atoms with Gasteiger partial charge in [-0.25, -0.2) is 4.79 Å². The quantitative estimate of drug-likeness (QED) is 0.755. The predicted octanol–water partition coefficient (Wildman–Crippen LogP) is 3.17. The molecule has 0 atom stereocenters. The van der Waals surface area contributed by atoms with Crippen molar-refractivity contribution < 1.29 is 23.1 Å². The average molecular weight is 229 g/mol. The summed E-state index contributed by atoms with van der Waals surface area (Å²) in [6.07, 6.45) is -5.08. The highest BCUT2D eigenvalue weighted by Gasteiger charge is 2.38. The Morgan fingerprint density at radius 2 is 1.36 bits per heavy atom. The van der Waals surface area contributed by atoms with Gasteiger partial charge >= 0.3 is 12.1 Å². The molecule has 0 aliphatic heterocycles. The lowest BCUT2D eigenvalue weighted by molar-refractivity contribution is -0.192. The summed E-state index contributed by atoms with van der Waals surface area (Å²) in [7, 11) is 0.137. The third-order valence-corrected chi connectivity index (χ3v) is 4.74. The summed E-state index contributed by atoms with van der Waals surface area (Å²) in [5.41, 5.74) is 0. The Balaban J connectivity index is 0. The summed E-state index contributed by atoms with van der Waals surface area (Å²) in [4.78, 5) is 8.90. The molecule has 85 valence electrons. The summed E-state index contributed by atoms with van der Waals surface area (Å²) in [5, 5.41) is 7.12. The Labute approximate surface area is 83.7 Å². The number of aliphatic carboxylic acids is 1. The molecule has 0 unspecified atom stereocenters. The van der Waals surface area contributed by atoms with Crippen molar-refractivity contribution >= 4 is 14.8 Å². The lowest BCUT2D eigenvalue weighted by Gasteiger charge is -2.02. The van der Waals surface area contributed by atoms with Crippen molar-refractivity contribution in [1.82, 2.24) is 0 Å². The highest BCUT2D eigenvalue weighted by molar-refractivity contribution is 6.58. The summed E-state index contributed by atoms with van der Waals surface area (Å²) < 4.78 is 31.7. The first-order valence-electron chi connectivity index (χ1n) is 4.43. The van der Waals surface area contributed by atoms with Gasteiger partial charge in [-0.05, 0) is 0 Å². The van der Waals surface area contributed by atoms with E-state index in [2.05, 4.69) is 20.8 Å². The van der Waals surface area contributed by atoms with E-state index in [0.29, 0.717) is 0 Å². The van der Waals surface area contributed by atoms with Crippen LogP contribution in [0, 0.1) is 0 Å². The molecular weight excluding hydrogens is 213 g/mol. The lowest BCUT2D eigenvalue weighted by atomic mass is 10.7. The van der Waals surface area contributed by atoms with Gasteiger partial charge in [0.25, 0.3) is 0 Å². The van der Waals surface area contributed by atoms with Crippen LogP contribution < -0.4 is 0 Å². The topological polar surface area (TPSA) is 37.3 Å². The van der Waals surface area contributed by atoms with Crippen LogP contribution in [0.25, 0.3) is 0 Å². The number of rotatable bonds is 3. The van der Waals surface area contributed by atoms with Crippen molar-refractivity contribution in [2.24, 2.45) is 0 Å². The van der Waals surface area contributed by atoms with E-state index >= 15 is 0 Å². The molecule has 0 aromatic rings. The van der Waals surface area contributed by atoms with E-state index in [1.807, 2.05) is 0 Å². The van der Waals surface area contributed by atoms with Gasteiger partial charge in [0.05, 0.1) is 0 Å². The Morgan fingerprint density at radius 3 is 1.36 bits per heavy atom. The molecule has 0 spiro atoms. The highest BCUT2D eigenvalue weighted by Crippen LogP contribution is 2.13. The van der Waals surface area contributed by atoms with E-state index in [1.165, 1.54) is 18.1 Å². The van der Waals surface area contributed by atoms with Crippen molar-refractivity contribution in [2.75, 3.05) is 0 Å². The minimum absolute atomic E-state index is 0.137. The molecule has 0 saturated carbocycles. The summed E-state index contributed by atoms with van der Waals surface area (Å²) in [5.74, 6) is -2.76. The first-order valence-corrected chi connectivity index (χ1v) is 6.55. The van der Waals surface area contributed by atoms with Crippen molar-refractivity contribution in [1.29, 1.82) is 0 Å². The average Bonchev–Trinajstić information content (AvgIpc) is 2.07. The first kappa shape index (κ1) is 15.9. The van der Waals surface area contributed by atoms with Crippen LogP contribution in [-0.4, -0.2) is 26.0 Å². The number of hydrogen-bond acceptors (Lipinski definition) is 1. The second-order valence-electron chi connectivity index (χ2n) is 2.61. The molecule has 0 aliphatic rings. The van der Waals surface area contributed by atoms with Gasteiger partial charge in [0.15, 0.2) is 0 Å². The Kier molecular flexibility index (Phi) is 8.92. The van der Waals surface area contributed by atoms with Crippen LogP contribution in [0.15, 0.2) is 0 Å². The first-order chi connectivity index (χ1) is 6.29. The fraction of sp³-hybridized carbons (Fsp3) is 0.875. The molecule has 0 saturated heterocycles. The van der Waals surface area contributed by atoms with E-state index in [4.69, 9.17) is 9.90 Å². The second kappa shape index (κ2) is 7.84. The zero-order chi connectivity index (χ0) is 11.8. The van der Waals surface area contributed by atoms with Gasteiger partial charge in [0.1, 0.15) is 0 Å². The van der Waals surface area contributed by atoms with Crippen LogP contribution in [0.5, 0.6) is 0 Å². The summed E-state index contributed by atoms with van der Waals surface area (Å²) in [6.45, 7) is 6.92. The van der Waals surface area contributed by atoms with Gasteiger partial charge in [-0.1, -0.05) is 38.9 Å². The van der Waals surface area contributed by atoms with Crippen LogP contribution >= 0.6 is 0 Å². The van der Waals surface area contributed by atoms with Crippen LogP contribution in [0.4, 0.5) is 13.2 Å². The number of alkyl halides is 3. The van der Waals surface area contributed by atoms with Gasteiger partial charge in [-0.15, -0.1) is 0 Å². The minimum atomic E-state index is -5.08. The van der Waals surface area contributed by atoms with Crippen LogP contribution in [0.2, 0.25) is 18.1 Å². The zero-order valence-corrected chi connectivity index (χ0v) is 9.61. The number of hydrogen-bond donors (Lipinski definition) is 1. The molecule has 6 heteroatoms. The SMILES string of the molecule is CC[Si](CC)CC.O=C(O)C(F)(F)F. The third kappa shape index (κ3) is 9.56. The van der Waals surface area contributed by atoms with Crippen molar-refractivity contribution in [3.63, 3.8) is 0 Å². The van der Waals surface area contributed by atoms with E-state index in [9.17, 15) is 13.2 Å². The monoisotopic (exact) mass is 229 g/mol. The molecule has 0 amide bonds. The van der Waals surface area contributed by atoms with Gasteiger partial charge in [0, 0.05) is 8.80 Å². The molecule has 0 bridgehead atoms. The van der Waals surface area contributed by atoms with Gasteiger partial charge < -0.3 is 5.11 Å². The second-order valence-corrected chi connectivity index (χ2v) is 6.23. The molecular formula is C8H16F3O2Si. The molecule has 0 aromatic carbocycles. The number of carboxylic acid groups (broad SMARTS) is 1. The molecule has 1 N–H and O–H groups in total. The standard InChI is InChI=1S/C6H15Si.C2HF3O2/c1-4-7(5-2)6-3;3-2(4,5)1(6)7/h4-6H2,1-3H3;(H,6,7). The summed E-state index contributed by atoms with van der Waals surface area (Å²) >= 11 is 0. The van der Waals surface area contributed by atoms with Crippen molar-refractivity contribution in [3.05, 3.63) is 0 Å². The third-order valence-electron chi connectivity index (χ3n) is 1.74. The maximum Gasteiger partial charge on any atom is 0.490 e. The maximum absolute atomic E-state index is 10.6. The number of halogens is 3. The minimum Gasteiger partial charge on any atom is -0.475 e. The highest BCUT2D eigenvalue weighted by atomic mass is 28.3. The zero-order valence-electron chi connectivity index (χ0n) is 8.61. The van der Waals surface area contributed by atoms with Crippen molar-refractivity contribution in [2.45, 2.75) is 45.1 Å². The van der Waals surface area contributed by atoms with Gasteiger partial charge in [-0.3, -0.25) is 0 Å². The maximum atomic E-state index is 10.6. The van der Waals surface area contributed by atoms with Crippen molar-refractivity contribution in [3.8, 4) is 0 Å². The summed E-state index contributed by atoms with van der Waals surface area (Å²) in [6, 6.07) is 4.37. The van der Waals surface area contributed by atoms with E-state index in [-0.39, 0.29) is 8.80 Å². The van der Waals surface area contributed by atoms with E-state index in [1.54, 1.807) is 0 Å². The van der Waals surface area contributed by atoms with Crippen LogP contribution in [0.3, 0.4) is 0 Å². The van der Waals surface area contributed by atoms with Gasteiger partial charge in [0.2, 0.25) is 0 Å². The molecule has 14 heavy (non-hydrogen) atoms. The van der Waals surface area contributed by atoms with E-state index < -0.39 is 12.1 Å². The molecule has 0 aliphatic carbocycles. The van der Waals surface area contributed by atoms with Crippen LogP contribution in [-0.2, 0) is 4.79 Å². The van der Waals surface area contributed by atoms with E-state index in [0.717, 1.165) is 0 Å². The Hall–Kier alpha value is -0.523. The molecule has 0 rings (SSSR count). The smallest absolute Gasteiger partial charge is 0.475 e. The molecule has 1 radical (unpaired) electrons. The largest absolute Gasteiger partial charge is 0.490 e. The molecule has 0 fully saturated rings. The number of carbonyl (C=O) groups is 1. The number of carboxylic acids is 1.